The van der Waals surface area contributed by atoms with Gasteiger partial charge in [-0.2, -0.15) is 13.2 Å². The van der Waals surface area contributed by atoms with Gasteiger partial charge < -0.3 is 0 Å². The van der Waals surface area contributed by atoms with Gasteiger partial charge in [-0.1, -0.05) is 18.5 Å². The van der Waals surface area contributed by atoms with Crippen molar-refractivity contribution in [2.24, 2.45) is 0 Å². The molecule has 3 heterocycles. The molecular weight excluding hydrogens is 431 g/mol. The van der Waals surface area contributed by atoms with Gasteiger partial charge in [0.05, 0.1) is 32.4 Å². The first-order valence-corrected chi connectivity index (χ1v) is 10.4. The maximum absolute atomic E-state index is 13.1. The number of fused-ring (bicyclic) bond motifs is 1. The Bertz CT molecular complexity index is 1250. The van der Waals surface area contributed by atoms with Gasteiger partial charge in [-0.15, -0.1) is 0 Å². The molecule has 0 unspecified atom stereocenters. The van der Waals surface area contributed by atoms with Crippen LogP contribution >= 0.6 is 11.6 Å². The van der Waals surface area contributed by atoms with Crippen molar-refractivity contribution < 1.29 is 26.4 Å². The summed E-state index contributed by atoms with van der Waals surface area (Å²) in [6.07, 6.45) is -2.69. The van der Waals surface area contributed by atoms with E-state index in [2.05, 4.69) is 9.97 Å². The van der Waals surface area contributed by atoms with Crippen LogP contribution in [0, 0.1) is 6.92 Å². The Morgan fingerprint density at radius 2 is 1.86 bits per heavy atom. The van der Waals surface area contributed by atoms with Gasteiger partial charge in [0.25, 0.3) is 0 Å². The van der Waals surface area contributed by atoms with E-state index in [1.54, 1.807) is 6.92 Å². The fourth-order valence-corrected chi connectivity index (χ4v) is 4.37. The molecule has 6 nitrogen and oxygen atoms in total. The third kappa shape index (κ3) is 3.62. The number of pyridine rings is 2. The molecule has 0 radical (unpaired) electrons. The molecule has 3 rings (SSSR count). The highest BCUT2D eigenvalue weighted by molar-refractivity contribution is 7.91. The SMILES string of the molecule is CCS(=O)(=O)c1cc(C)cnc1-c1c(Cl)c2ncc(C(F)(F)F)cc2n1C(C)=O. The second-order valence-electron chi connectivity index (χ2n) is 6.37. The summed E-state index contributed by atoms with van der Waals surface area (Å²) in [6, 6.07) is 2.13. The molecule has 0 spiro atoms. The lowest BCUT2D eigenvalue weighted by atomic mass is 10.2. The van der Waals surface area contributed by atoms with E-state index in [9.17, 15) is 26.4 Å². The summed E-state index contributed by atoms with van der Waals surface area (Å²) in [5.41, 5.74) is -0.995. The number of sulfone groups is 1. The maximum atomic E-state index is 13.1. The van der Waals surface area contributed by atoms with Gasteiger partial charge >= 0.3 is 6.18 Å². The first-order valence-electron chi connectivity index (χ1n) is 8.36. The summed E-state index contributed by atoms with van der Waals surface area (Å²) < 4.78 is 65.5. The van der Waals surface area contributed by atoms with Crippen LogP contribution in [-0.2, 0) is 16.0 Å². The molecule has 0 saturated carbocycles. The molecule has 0 N–H and O–H groups in total. The van der Waals surface area contributed by atoms with Crippen LogP contribution in [0.3, 0.4) is 0 Å². The monoisotopic (exact) mass is 445 g/mol. The Labute approximate surface area is 169 Å². The van der Waals surface area contributed by atoms with E-state index >= 15 is 0 Å². The number of carbonyl (C=O) groups is 1. The maximum Gasteiger partial charge on any atom is 0.417 e. The standard InChI is InChI=1S/C18H15ClF3N3O3S/c1-4-29(27,28)13-5-9(2)7-23-16(13)17-14(19)15-12(25(17)10(3)26)6-11(8-24-15)18(20,21)22/h5-8H,4H2,1-3H3. The molecule has 0 saturated heterocycles. The molecule has 0 aliphatic rings. The molecule has 0 aliphatic heterocycles. The van der Waals surface area contributed by atoms with Crippen molar-refractivity contribution in [1.82, 2.24) is 14.5 Å². The zero-order chi connectivity index (χ0) is 21.7. The second-order valence-corrected chi connectivity index (χ2v) is 8.99. The number of hydrogen-bond donors (Lipinski definition) is 0. The van der Waals surface area contributed by atoms with Crippen LogP contribution in [0.2, 0.25) is 5.02 Å². The van der Waals surface area contributed by atoms with Gasteiger partial charge in [0.15, 0.2) is 9.84 Å². The second kappa shape index (κ2) is 7.10. The summed E-state index contributed by atoms with van der Waals surface area (Å²) in [5.74, 6) is -0.903. The predicted molar refractivity (Wildman–Crippen MR) is 102 cm³/mol. The van der Waals surface area contributed by atoms with Gasteiger partial charge in [-0.3, -0.25) is 19.3 Å². The van der Waals surface area contributed by atoms with Crippen molar-refractivity contribution >= 4 is 38.4 Å². The number of alkyl halides is 3. The third-order valence-corrected chi connectivity index (χ3v) is 6.42. The lowest BCUT2D eigenvalue weighted by Gasteiger charge is -2.12. The smallest absolute Gasteiger partial charge is 0.275 e. The van der Waals surface area contributed by atoms with Crippen molar-refractivity contribution in [3.05, 3.63) is 40.7 Å². The van der Waals surface area contributed by atoms with Crippen LogP contribution in [-0.4, -0.2) is 34.6 Å². The fraction of sp³-hybridized carbons (Fsp3) is 0.278. The van der Waals surface area contributed by atoms with Crippen molar-refractivity contribution in [2.45, 2.75) is 31.8 Å². The van der Waals surface area contributed by atoms with Gasteiger partial charge in [0, 0.05) is 19.3 Å². The molecule has 0 fully saturated rings. The highest BCUT2D eigenvalue weighted by atomic mass is 35.5. The molecular formula is C18H15ClF3N3O3S. The number of halogens is 4. The van der Waals surface area contributed by atoms with Crippen LogP contribution in [0.25, 0.3) is 22.4 Å². The van der Waals surface area contributed by atoms with Gasteiger partial charge in [-0.05, 0) is 24.6 Å². The predicted octanol–water partition coefficient (Wildman–Crippen LogP) is 4.53. The Hall–Kier alpha value is -2.46. The Morgan fingerprint density at radius 1 is 1.21 bits per heavy atom. The Kier molecular flexibility index (Phi) is 5.20. The minimum Gasteiger partial charge on any atom is -0.275 e. The lowest BCUT2D eigenvalue weighted by molar-refractivity contribution is -0.137. The number of aromatic nitrogens is 3. The highest BCUT2D eigenvalue weighted by Gasteiger charge is 2.33. The van der Waals surface area contributed by atoms with Crippen molar-refractivity contribution in [2.75, 3.05) is 5.75 Å². The molecule has 11 heteroatoms. The zero-order valence-electron chi connectivity index (χ0n) is 15.5. The molecule has 154 valence electrons. The average molecular weight is 446 g/mol. The van der Waals surface area contributed by atoms with E-state index in [4.69, 9.17) is 11.6 Å². The molecule has 3 aromatic rings. The molecule has 0 aromatic carbocycles. The summed E-state index contributed by atoms with van der Waals surface area (Å²) in [7, 11) is -3.77. The number of nitrogens with zero attached hydrogens (tertiary/aromatic N) is 3. The van der Waals surface area contributed by atoms with E-state index in [-0.39, 0.29) is 38.1 Å². The van der Waals surface area contributed by atoms with E-state index < -0.39 is 27.5 Å². The van der Waals surface area contributed by atoms with Crippen LogP contribution < -0.4 is 0 Å². The molecule has 0 amide bonds. The first kappa shape index (κ1) is 21.3. The largest absolute Gasteiger partial charge is 0.417 e. The van der Waals surface area contributed by atoms with Crippen LogP contribution in [0.15, 0.2) is 29.4 Å². The minimum absolute atomic E-state index is 0.0629. The molecule has 29 heavy (non-hydrogen) atoms. The quantitative estimate of drug-likeness (QED) is 0.591. The molecule has 0 bridgehead atoms. The summed E-state index contributed by atoms with van der Waals surface area (Å²) in [6.45, 7) is 4.22. The van der Waals surface area contributed by atoms with Gasteiger partial charge in [0.2, 0.25) is 5.91 Å². The summed E-state index contributed by atoms with van der Waals surface area (Å²) in [4.78, 5) is 20.1. The summed E-state index contributed by atoms with van der Waals surface area (Å²) in [5, 5.41) is -0.159. The number of rotatable bonds is 3. The van der Waals surface area contributed by atoms with Crippen molar-refractivity contribution in [1.29, 1.82) is 0 Å². The lowest BCUT2D eigenvalue weighted by Crippen LogP contribution is -2.13. The molecule has 0 atom stereocenters. The van der Waals surface area contributed by atoms with Gasteiger partial charge in [0.1, 0.15) is 11.2 Å². The van der Waals surface area contributed by atoms with E-state index in [0.717, 1.165) is 17.6 Å². The van der Waals surface area contributed by atoms with Crippen LogP contribution in [0.1, 0.15) is 29.8 Å². The Balaban J connectivity index is 2.48. The minimum atomic E-state index is -4.68. The zero-order valence-corrected chi connectivity index (χ0v) is 17.1. The van der Waals surface area contributed by atoms with Crippen molar-refractivity contribution in [3.63, 3.8) is 0 Å². The first-order chi connectivity index (χ1) is 13.4. The summed E-state index contributed by atoms with van der Waals surface area (Å²) >= 11 is 6.36. The van der Waals surface area contributed by atoms with Crippen LogP contribution in [0.4, 0.5) is 13.2 Å². The number of carbonyl (C=O) groups excluding carboxylic acids is 1. The van der Waals surface area contributed by atoms with Crippen LogP contribution in [0.5, 0.6) is 0 Å². The number of hydrogen-bond acceptors (Lipinski definition) is 5. The fourth-order valence-electron chi connectivity index (χ4n) is 2.93. The van der Waals surface area contributed by atoms with E-state index in [1.165, 1.54) is 19.2 Å². The van der Waals surface area contributed by atoms with E-state index in [1.807, 2.05) is 0 Å². The third-order valence-electron chi connectivity index (χ3n) is 4.32. The van der Waals surface area contributed by atoms with Gasteiger partial charge in [-0.25, -0.2) is 8.42 Å². The molecule has 0 aliphatic carbocycles. The van der Waals surface area contributed by atoms with Crippen molar-refractivity contribution in [3.8, 4) is 11.4 Å². The topological polar surface area (TPSA) is 81.9 Å². The Morgan fingerprint density at radius 3 is 2.41 bits per heavy atom. The highest BCUT2D eigenvalue weighted by Crippen LogP contribution is 2.40. The average Bonchev–Trinajstić information content (AvgIpc) is 2.93. The molecule has 3 aromatic heterocycles. The normalized spacial score (nSPS) is 12.5. The number of aryl methyl sites for hydroxylation is 1. The van der Waals surface area contributed by atoms with E-state index in [0.29, 0.717) is 11.8 Å².